The van der Waals surface area contributed by atoms with Crippen molar-refractivity contribution in [1.29, 1.82) is 0 Å². The molecule has 0 aromatic carbocycles. The molecule has 3 rings (SSSR count). The van der Waals surface area contributed by atoms with Crippen molar-refractivity contribution in [3.63, 3.8) is 0 Å². The second-order valence-corrected chi connectivity index (χ2v) is 6.70. The molecule has 0 heterocycles. The lowest BCUT2D eigenvalue weighted by atomic mass is 9.70. The molecule has 0 aliphatic heterocycles. The van der Waals surface area contributed by atoms with Gasteiger partial charge < -0.3 is 5.32 Å². The summed E-state index contributed by atoms with van der Waals surface area (Å²) in [5, 5.41) is 3.83. The second kappa shape index (κ2) is 4.33. The quantitative estimate of drug-likeness (QED) is 0.720. The molecule has 0 saturated heterocycles. The Hall–Kier alpha value is -0.0400. The largest absolute Gasteiger partial charge is 0.313 e. The highest BCUT2D eigenvalue weighted by atomic mass is 15.0. The zero-order chi connectivity index (χ0) is 11.0. The van der Waals surface area contributed by atoms with Crippen molar-refractivity contribution >= 4 is 0 Å². The number of hydrogen-bond acceptors (Lipinski definition) is 1. The zero-order valence-corrected chi connectivity index (χ0v) is 10.8. The number of rotatable bonds is 6. The van der Waals surface area contributed by atoms with Gasteiger partial charge in [-0.25, -0.2) is 0 Å². The highest BCUT2D eigenvalue weighted by Gasteiger charge is 2.50. The fourth-order valence-electron chi connectivity index (χ4n) is 4.33. The van der Waals surface area contributed by atoms with Gasteiger partial charge in [-0.15, -0.1) is 0 Å². The first-order valence-corrected chi connectivity index (χ1v) is 7.56. The van der Waals surface area contributed by atoms with Crippen molar-refractivity contribution in [2.24, 2.45) is 17.3 Å². The predicted octanol–water partition coefficient (Wildman–Crippen LogP) is 3.74. The van der Waals surface area contributed by atoms with Gasteiger partial charge in [0.2, 0.25) is 0 Å². The van der Waals surface area contributed by atoms with Crippen molar-refractivity contribution in [2.75, 3.05) is 6.54 Å². The topological polar surface area (TPSA) is 12.0 Å². The summed E-state index contributed by atoms with van der Waals surface area (Å²) in [6.07, 6.45) is 13.4. The van der Waals surface area contributed by atoms with E-state index >= 15 is 0 Å². The molecule has 3 aliphatic carbocycles. The molecular weight excluding hydrogens is 194 g/mol. The normalized spacial score (nSPS) is 41.8. The average molecular weight is 221 g/mol. The van der Waals surface area contributed by atoms with Gasteiger partial charge in [-0.05, 0) is 55.8 Å². The van der Waals surface area contributed by atoms with Crippen LogP contribution in [0.4, 0.5) is 0 Å². The fraction of sp³-hybridized carbons (Fsp3) is 1.00. The van der Waals surface area contributed by atoms with Crippen molar-refractivity contribution in [3.05, 3.63) is 0 Å². The van der Waals surface area contributed by atoms with Crippen molar-refractivity contribution in [2.45, 2.75) is 70.8 Å². The molecule has 0 amide bonds. The van der Waals surface area contributed by atoms with Crippen molar-refractivity contribution < 1.29 is 0 Å². The minimum atomic E-state index is 0.724. The summed E-state index contributed by atoms with van der Waals surface area (Å²) in [6.45, 7) is 3.69. The summed E-state index contributed by atoms with van der Waals surface area (Å²) in [5.41, 5.74) is 0.724. The maximum atomic E-state index is 3.83. The van der Waals surface area contributed by atoms with E-state index in [0.717, 1.165) is 23.3 Å². The van der Waals surface area contributed by atoms with E-state index < -0.39 is 0 Å². The monoisotopic (exact) mass is 221 g/mol. The van der Waals surface area contributed by atoms with E-state index in [9.17, 15) is 0 Å². The van der Waals surface area contributed by atoms with E-state index in [4.69, 9.17) is 0 Å². The van der Waals surface area contributed by atoms with Gasteiger partial charge in [-0.1, -0.05) is 26.2 Å². The Kier molecular flexibility index (Phi) is 2.99. The summed E-state index contributed by atoms with van der Waals surface area (Å²) < 4.78 is 0. The van der Waals surface area contributed by atoms with Crippen LogP contribution >= 0.6 is 0 Å². The first kappa shape index (κ1) is 11.1. The molecule has 92 valence electrons. The van der Waals surface area contributed by atoms with Gasteiger partial charge >= 0.3 is 0 Å². The van der Waals surface area contributed by atoms with E-state index in [2.05, 4.69) is 12.2 Å². The van der Waals surface area contributed by atoms with Gasteiger partial charge in [0.1, 0.15) is 0 Å². The van der Waals surface area contributed by atoms with Gasteiger partial charge in [0.25, 0.3) is 0 Å². The first-order valence-electron chi connectivity index (χ1n) is 7.56. The Morgan fingerprint density at radius 2 is 2.06 bits per heavy atom. The Morgan fingerprint density at radius 3 is 2.62 bits per heavy atom. The van der Waals surface area contributed by atoms with Gasteiger partial charge in [0, 0.05) is 12.6 Å². The molecule has 0 spiro atoms. The fourth-order valence-corrected chi connectivity index (χ4v) is 4.33. The third-order valence-electron chi connectivity index (χ3n) is 5.45. The lowest BCUT2D eigenvalue weighted by Gasteiger charge is -2.38. The summed E-state index contributed by atoms with van der Waals surface area (Å²) in [5.74, 6) is 2.18. The molecule has 3 unspecified atom stereocenters. The number of nitrogens with one attached hydrogen (secondary N) is 1. The number of unbranched alkanes of at least 4 members (excludes halogenated alkanes) is 1. The minimum Gasteiger partial charge on any atom is -0.313 e. The second-order valence-electron chi connectivity index (χ2n) is 6.70. The number of hydrogen-bond donors (Lipinski definition) is 1. The molecule has 3 atom stereocenters. The highest BCUT2D eigenvalue weighted by Crippen LogP contribution is 2.58. The van der Waals surface area contributed by atoms with Crippen LogP contribution in [0.25, 0.3) is 0 Å². The van der Waals surface area contributed by atoms with E-state index in [1.165, 1.54) is 38.6 Å². The van der Waals surface area contributed by atoms with E-state index in [1.807, 2.05) is 0 Å². The SMILES string of the molecule is CCCCC1(CNC2CC2)CC2CCC1C2. The van der Waals surface area contributed by atoms with Crippen LogP contribution < -0.4 is 5.32 Å². The molecule has 16 heavy (non-hydrogen) atoms. The maximum Gasteiger partial charge on any atom is 0.00684 e. The smallest absolute Gasteiger partial charge is 0.00684 e. The lowest BCUT2D eigenvalue weighted by Crippen LogP contribution is -2.39. The van der Waals surface area contributed by atoms with E-state index in [-0.39, 0.29) is 0 Å². The van der Waals surface area contributed by atoms with Gasteiger partial charge in [0.05, 0.1) is 0 Å². The molecule has 3 aliphatic rings. The van der Waals surface area contributed by atoms with Crippen molar-refractivity contribution in [1.82, 2.24) is 5.32 Å². The molecular formula is C15H27N. The van der Waals surface area contributed by atoms with Gasteiger partial charge in [-0.3, -0.25) is 0 Å². The van der Waals surface area contributed by atoms with Gasteiger partial charge in [-0.2, -0.15) is 0 Å². The van der Waals surface area contributed by atoms with Gasteiger partial charge in [0.15, 0.2) is 0 Å². The average Bonchev–Trinajstić information content (AvgIpc) is 2.93. The Balaban J connectivity index is 1.62. The van der Waals surface area contributed by atoms with Crippen LogP contribution in [-0.4, -0.2) is 12.6 Å². The maximum absolute atomic E-state index is 3.83. The molecule has 0 aromatic heterocycles. The van der Waals surface area contributed by atoms with Crippen LogP contribution in [0.3, 0.4) is 0 Å². The number of fused-ring (bicyclic) bond motifs is 2. The Bertz CT molecular complexity index is 246. The summed E-state index contributed by atoms with van der Waals surface area (Å²) in [6, 6.07) is 0.901. The van der Waals surface area contributed by atoms with Crippen LogP contribution in [0.15, 0.2) is 0 Å². The predicted molar refractivity (Wildman–Crippen MR) is 68.4 cm³/mol. The minimum absolute atomic E-state index is 0.724. The third-order valence-corrected chi connectivity index (χ3v) is 5.45. The standard InChI is InChI=1S/C15H27N/c1-2-3-8-15(11-16-14-6-7-14)10-12-4-5-13(15)9-12/h12-14,16H,2-11H2,1H3. The molecule has 3 fully saturated rings. The Morgan fingerprint density at radius 1 is 1.19 bits per heavy atom. The summed E-state index contributed by atoms with van der Waals surface area (Å²) in [7, 11) is 0. The molecule has 2 bridgehead atoms. The highest BCUT2D eigenvalue weighted by molar-refractivity contribution is 5.02. The Labute approximate surface area is 100 Å². The third kappa shape index (κ3) is 2.03. The van der Waals surface area contributed by atoms with Crippen LogP contribution in [0.2, 0.25) is 0 Å². The zero-order valence-electron chi connectivity index (χ0n) is 10.8. The van der Waals surface area contributed by atoms with E-state index in [1.54, 1.807) is 25.7 Å². The van der Waals surface area contributed by atoms with Crippen molar-refractivity contribution in [3.8, 4) is 0 Å². The molecule has 1 N–H and O–H groups in total. The molecule has 1 nitrogen and oxygen atoms in total. The lowest BCUT2D eigenvalue weighted by molar-refractivity contribution is 0.138. The van der Waals surface area contributed by atoms with Crippen LogP contribution in [-0.2, 0) is 0 Å². The summed E-state index contributed by atoms with van der Waals surface area (Å²) >= 11 is 0. The molecule has 0 radical (unpaired) electrons. The first-order chi connectivity index (χ1) is 7.82. The summed E-state index contributed by atoms with van der Waals surface area (Å²) in [4.78, 5) is 0. The van der Waals surface area contributed by atoms with Crippen LogP contribution in [0.1, 0.15) is 64.7 Å². The molecule has 0 aromatic rings. The van der Waals surface area contributed by atoms with Crippen LogP contribution in [0.5, 0.6) is 0 Å². The van der Waals surface area contributed by atoms with E-state index in [0.29, 0.717) is 0 Å². The molecule has 1 heteroatoms. The van der Waals surface area contributed by atoms with Crippen LogP contribution in [0, 0.1) is 17.3 Å². The molecule has 3 saturated carbocycles.